The van der Waals surface area contributed by atoms with Crippen molar-refractivity contribution in [1.82, 2.24) is 4.98 Å². The topological polar surface area (TPSA) is 71.6 Å². The Hall–Kier alpha value is -1.17. The van der Waals surface area contributed by atoms with Crippen LogP contribution in [0.4, 0.5) is 5.82 Å². The number of aromatic nitrogens is 1. The van der Waals surface area contributed by atoms with Crippen LogP contribution in [0.3, 0.4) is 0 Å². The van der Waals surface area contributed by atoms with Crippen LogP contribution < -0.4 is 10.6 Å². The van der Waals surface area contributed by atoms with Crippen LogP contribution in [0.25, 0.3) is 0 Å². The lowest BCUT2D eigenvalue weighted by molar-refractivity contribution is 0.00336. The largest absolute Gasteiger partial charge is 0.394 e. The van der Waals surface area contributed by atoms with Gasteiger partial charge in [0, 0.05) is 25.3 Å². The molecule has 2 heterocycles. The maximum Gasteiger partial charge on any atom is 0.128 e. The second-order valence-electron chi connectivity index (χ2n) is 4.36. The minimum absolute atomic E-state index is 0.00595. The molecule has 2 rings (SSSR count). The van der Waals surface area contributed by atoms with Crippen LogP contribution >= 0.6 is 0 Å². The fraction of sp³-hybridized carbons (Fsp3) is 0.583. The quantitative estimate of drug-likeness (QED) is 0.791. The standard InChI is InChI=1S/C12H19N3O2/c1-9(13)10-2-3-12(14-6-10)15-4-5-17-11(7-15)8-16/h2-3,6,9,11,16H,4-5,7-8,13H2,1H3/t9-,11?/m0/s1. The molecule has 1 unspecified atom stereocenters. The number of aliphatic hydroxyl groups is 1. The number of hydrogen-bond acceptors (Lipinski definition) is 5. The molecule has 0 spiro atoms. The number of rotatable bonds is 3. The predicted octanol–water partition coefficient (Wildman–Crippen LogP) is 0.299. The van der Waals surface area contributed by atoms with Gasteiger partial charge in [0.15, 0.2) is 0 Å². The van der Waals surface area contributed by atoms with Crippen LogP contribution in [0.5, 0.6) is 0 Å². The third kappa shape index (κ3) is 2.94. The van der Waals surface area contributed by atoms with Gasteiger partial charge in [-0.3, -0.25) is 0 Å². The Morgan fingerprint density at radius 2 is 2.47 bits per heavy atom. The van der Waals surface area contributed by atoms with Crippen molar-refractivity contribution >= 4 is 5.82 Å². The highest BCUT2D eigenvalue weighted by atomic mass is 16.5. The van der Waals surface area contributed by atoms with Gasteiger partial charge < -0.3 is 20.5 Å². The number of pyridine rings is 1. The molecule has 0 aliphatic carbocycles. The minimum Gasteiger partial charge on any atom is -0.394 e. The maximum atomic E-state index is 9.08. The van der Waals surface area contributed by atoms with Crippen molar-refractivity contribution in [3.8, 4) is 0 Å². The molecular weight excluding hydrogens is 218 g/mol. The molecule has 0 radical (unpaired) electrons. The molecule has 0 amide bonds. The number of nitrogens with two attached hydrogens (primary N) is 1. The first kappa shape index (κ1) is 12.3. The van der Waals surface area contributed by atoms with Gasteiger partial charge >= 0.3 is 0 Å². The van der Waals surface area contributed by atoms with E-state index in [9.17, 15) is 0 Å². The van der Waals surface area contributed by atoms with Crippen LogP contribution in [0, 0.1) is 0 Å². The lowest BCUT2D eigenvalue weighted by Crippen LogP contribution is -2.44. The van der Waals surface area contributed by atoms with Gasteiger partial charge in [-0.1, -0.05) is 6.07 Å². The zero-order valence-electron chi connectivity index (χ0n) is 10.0. The fourth-order valence-electron chi connectivity index (χ4n) is 1.89. The summed E-state index contributed by atoms with van der Waals surface area (Å²) in [4.78, 5) is 6.52. The number of morpholine rings is 1. The van der Waals surface area contributed by atoms with E-state index in [0.29, 0.717) is 13.2 Å². The molecule has 94 valence electrons. The first-order valence-electron chi connectivity index (χ1n) is 5.89. The summed E-state index contributed by atoms with van der Waals surface area (Å²) in [5.41, 5.74) is 6.81. The van der Waals surface area contributed by atoms with E-state index in [1.54, 1.807) is 0 Å². The van der Waals surface area contributed by atoms with Crippen molar-refractivity contribution in [3.05, 3.63) is 23.9 Å². The van der Waals surface area contributed by atoms with Gasteiger partial charge in [-0.05, 0) is 18.6 Å². The molecular formula is C12H19N3O2. The normalized spacial score (nSPS) is 22.5. The van der Waals surface area contributed by atoms with Crippen molar-refractivity contribution in [2.45, 2.75) is 19.1 Å². The summed E-state index contributed by atoms with van der Waals surface area (Å²) in [6.07, 6.45) is 1.70. The van der Waals surface area contributed by atoms with Crippen LogP contribution in [-0.4, -0.2) is 42.5 Å². The summed E-state index contributed by atoms with van der Waals surface area (Å²) in [5, 5.41) is 9.08. The van der Waals surface area contributed by atoms with Crippen LogP contribution in [-0.2, 0) is 4.74 Å². The molecule has 1 aliphatic rings. The van der Waals surface area contributed by atoms with Crippen molar-refractivity contribution in [1.29, 1.82) is 0 Å². The summed E-state index contributed by atoms with van der Waals surface area (Å²) >= 11 is 0. The molecule has 0 aromatic carbocycles. The Kier molecular flexibility index (Phi) is 3.93. The van der Waals surface area contributed by atoms with E-state index in [2.05, 4.69) is 9.88 Å². The molecule has 1 aromatic heterocycles. The molecule has 5 nitrogen and oxygen atoms in total. The summed E-state index contributed by atoms with van der Waals surface area (Å²) in [6, 6.07) is 3.97. The van der Waals surface area contributed by atoms with Crippen molar-refractivity contribution < 1.29 is 9.84 Å². The summed E-state index contributed by atoms with van der Waals surface area (Å²) in [7, 11) is 0. The molecule has 2 atom stereocenters. The zero-order chi connectivity index (χ0) is 12.3. The number of ether oxygens (including phenoxy) is 1. The Labute approximate surface area is 101 Å². The zero-order valence-corrected chi connectivity index (χ0v) is 10.0. The molecule has 1 fully saturated rings. The van der Waals surface area contributed by atoms with Gasteiger partial charge in [0.05, 0.1) is 19.3 Å². The van der Waals surface area contributed by atoms with Gasteiger partial charge in [-0.2, -0.15) is 0 Å². The van der Waals surface area contributed by atoms with E-state index in [1.165, 1.54) is 0 Å². The van der Waals surface area contributed by atoms with E-state index in [4.69, 9.17) is 15.6 Å². The average Bonchev–Trinajstić information content (AvgIpc) is 2.39. The van der Waals surface area contributed by atoms with E-state index < -0.39 is 0 Å². The number of anilines is 1. The third-order valence-electron chi connectivity index (χ3n) is 2.96. The van der Waals surface area contributed by atoms with Crippen LogP contribution in [0.2, 0.25) is 0 Å². The fourth-order valence-corrected chi connectivity index (χ4v) is 1.89. The lowest BCUT2D eigenvalue weighted by atomic mass is 10.1. The first-order chi connectivity index (χ1) is 8.20. The SMILES string of the molecule is C[C@H](N)c1ccc(N2CCOC(CO)C2)nc1. The van der Waals surface area contributed by atoms with Crippen molar-refractivity contribution in [3.63, 3.8) is 0 Å². The molecule has 1 aromatic rings. The molecule has 1 aliphatic heterocycles. The third-order valence-corrected chi connectivity index (χ3v) is 2.96. The van der Waals surface area contributed by atoms with E-state index >= 15 is 0 Å². The van der Waals surface area contributed by atoms with E-state index in [0.717, 1.165) is 17.9 Å². The summed E-state index contributed by atoms with van der Waals surface area (Å²) in [5.74, 6) is 0.913. The summed E-state index contributed by atoms with van der Waals surface area (Å²) < 4.78 is 5.40. The van der Waals surface area contributed by atoms with E-state index in [-0.39, 0.29) is 18.8 Å². The van der Waals surface area contributed by atoms with Gasteiger partial charge in [0.1, 0.15) is 5.82 Å². The highest BCUT2D eigenvalue weighted by molar-refractivity contribution is 5.40. The second-order valence-corrected chi connectivity index (χ2v) is 4.36. The van der Waals surface area contributed by atoms with Crippen molar-refractivity contribution in [2.75, 3.05) is 31.2 Å². The highest BCUT2D eigenvalue weighted by Crippen LogP contribution is 2.17. The van der Waals surface area contributed by atoms with E-state index in [1.807, 2.05) is 25.3 Å². The average molecular weight is 237 g/mol. The number of aliphatic hydroxyl groups excluding tert-OH is 1. The Morgan fingerprint density at radius 1 is 1.65 bits per heavy atom. The molecule has 0 saturated carbocycles. The minimum atomic E-state index is -0.112. The van der Waals surface area contributed by atoms with Gasteiger partial charge in [0.2, 0.25) is 0 Å². The predicted molar refractivity (Wildman–Crippen MR) is 65.9 cm³/mol. The van der Waals surface area contributed by atoms with Gasteiger partial charge in [0.25, 0.3) is 0 Å². The molecule has 3 N–H and O–H groups in total. The lowest BCUT2D eigenvalue weighted by Gasteiger charge is -2.32. The Balaban J connectivity index is 2.06. The first-order valence-corrected chi connectivity index (χ1v) is 5.89. The number of hydrogen-bond donors (Lipinski definition) is 2. The molecule has 17 heavy (non-hydrogen) atoms. The van der Waals surface area contributed by atoms with Crippen molar-refractivity contribution in [2.24, 2.45) is 5.73 Å². The molecule has 5 heteroatoms. The highest BCUT2D eigenvalue weighted by Gasteiger charge is 2.20. The second kappa shape index (κ2) is 5.44. The Morgan fingerprint density at radius 3 is 3.06 bits per heavy atom. The maximum absolute atomic E-state index is 9.08. The van der Waals surface area contributed by atoms with Crippen LogP contribution in [0.15, 0.2) is 18.3 Å². The smallest absolute Gasteiger partial charge is 0.128 e. The van der Waals surface area contributed by atoms with Gasteiger partial charge in [-0.25, -0.2) is 4.98 Å². The number of nitrogens with zero attached hydrogens (tertiary/aromatic N) is 2. The molecule has 0 bridgehead atoms. The molecule has 1 saturated heterocycles. The Bertz CT molecular complexity index is 353. The van der Waals surface area contributed by atoms with Crippen LogP contribution in [0.1, 0.15) is 18.5 Å². The van der Waals surface area contributed by atoms with Gasteiger partial charge in [-0.15, -0.1) is 0 Å². The summed E-state index contributed by atoms with van der Waals surface area (Å²) in [6.45, 7) is 4.10. The monoisotopic (exact) mass is 237 g/mol.